The summed E-state index contributed by atoms with van der Waals surface area (Å²) in [5.41, 5.74) is 1.43. The zero-order valence-corrected chi connectivity index (χ0v) is 13.9. The van der Waals surface area contributed by atoms with Crippen molar-refractivity contribution in [1.82, 2.24) is 10.2 Å². The van der Waals surface area contributed by atoms with Gasteiger partial charge in [-0.05, 0) is 43.8 Å². The lowest BCUT2D eigenvalue weighted by atomic mass is 9.97. The third kappa shape index (κ3) is 6.19. The molecule has 0 saturated carbocycles. The quantitative estimate of drug-likeness (QED) is 0.807. The molecule has 0 aliphatic carbocycles. The Labute approximate surface area is 130 Å². The molecule has 1 atom stereocenters. The third-order valence-corrected chi connectivity index (χ3v) is 4.43. The molecule has 0 radical (unpaired) electrons. The second-order valence-electron chi connectivity index (χ2n) is 6.80. The maximum absolute atomic E-state index is 3.79. The van der Waals surface area contributed by atoms with Crippen molar-refractivity contribution in [1.29, 1.82) is 0 Å². The summed E-state index contributed by atoms with van der Waals surface area (Å²) in [6.45, 7) is 9.51. The minimum absolute atomic E-state index is 0.498. The van der Waals surface area contributed by atoms with E-state index in [-0.39, 0.29) is 0 Å². The van der Waals surface area contributed by atoms with E-state index in [0.29, 0.717) is 6.04 Å². The van der Waals surface area contributed by atoms with Crippen LogP contribution in [0, 0.1) is 5.92 Å². The summed E-state index contributed by atoms with van der Waals surface area (Å²) in [5.74, 6) is 0.723. The summed E-state index contributed by atoms with van der Waals surface area (Å²) >= 11 is 0. The van der Waals surface area contributed by atoms with E-state index in [9.17, 15) is 0 Å². The van der Waals surface area contributed by atoms with E-state index >= 15 is 0 Å². The fourth-order valence-corrected chi connectivity index (χ4v) is 3.25. The van der Waals surface area contributed by atoms with Gasteiger partial charge in [0.15, 0.2) is 0 Å². The average Bonchev–Trinajstić information content (AvgIpc) is 2.75. The first kappa shape index (κ1) is 16.5. The zero-order chi connectivity index (χ0) is 14.9. The lowest BCUT2D eigenvalue weighted by Gasteiger charge is -2.24. The average molecular weight is 288 g/mol. The molecule has 1 saturated heterocycles. The van der Waals surface area contributed by atoms with Crippen molar-refractivity contribution in [3.05, 3.63) is 35.9 Å². The van der Waals surface area contributed by atoms with E-state index < -0.39 is 0 Å². The monoisotopic (exact) mass is 288 g/mol. The molecule has 1 heterocycles. The summed E-state index contributed by atoms with van der Waals surface area (Å²) < 4.78 is 0. The van der Waals surface area contributed by atoms with Crippen molar-refractivity contribution in [3.8, 4) is 0 Å². The van der Waals surface area contributed by atoms with Gasteiger partial charge in [-0.3, -0.25) is 0 Å². The lowest BCUT2D eigenvalue weighted by Crippen LogP contribution is -2.34. The van der Waals surface area contributed by atoms with Gasteiger partial charge in [0.05, 0.1) is 0 Å². The van der Waals surface area contributed by atoms with Crippen LogP contribution < -0.4 is 5.32 Å². The molecule has 0 amide bonds. The van der Waals surface area contributed by atoms with Crippen molar-refractivity contribution in [2.24, 2.45) is 5.92 Å². The third-order valence-electron chi connectivity index (χ3n) is 4.43. The van der Waals surface area contributed by atoms with Gasteiger partial charge in [-0.1, -0.05) is 57.0 Å². The molecule has 1 N–H and O–H groups in total. The molecule has 21 heavy (non-hydrogen) atoms. The molecule has 1 aromatic rings. The van der Waals surface area contributed by atoms with Gasteiger partial charge in [-0.15, -0.1) is 0 Å². The molecular weight excluding hydrogens is 256 g/mol. The van der Waals surface area contributed by atoms with Gasteiger partial charge >= 0.3 is 0 Å². The number of hydrogen-bond donors (Lipinski definition) is 1. The smallest absolute Gasteiger partial charge is 0.0323 e. The topological polar surface area (TPSA) is 15.3 Å². The zero-order valence-electron chi connectivity index (χ0n) is 13.9. The second kappa shape index (κ2) is 9.22. The highest BCUT2D eigenvalue weighted by Gasteiger charge is 2.14. The molecule has 1 aliphatic heterocycles. The fourth-order valence-electron chi connectivity index (χ4n) is 3.25. The van der Waals surface area contributed by atoms with Gasteiger partial charge in [-0.25, -0.2) is 0 Å². The molecule has 1 fully saturated rings. The van der Waals surface area contributed by atoms with E-state index in [1.165, 1.54) is 57.3 Å². The van der Waals surface area contributed by atoms with Crippen molar-refractivity contribution in [2.45, 2.75) is 52.0 Å². The van der Waals surface area contributed by atoms with Crippen molar-refractivity contribution in [3.63, 3.8) is 0 Å². The first-order valence-electron chi connectivity index (χ1n) is 8.76. The summed E-state index contributed by atoms with van der Waals surface area (Å²) in [5, 5.41) is 3.79. The van der Waals surface area contributed by atoms with E-state index in [1.807, 2.05) is 0 Å². The van der Waals surface area contributed by atoms with Crippen molar-refractivity contribution < 1.29 is 0 Å². The summed E-state index contributed by atoms with van der Waals surface area (Å²) in [6.07, 6.45) is 6.82. The molecular formula is C19H32N2. The molecule has 0 spiro atoms. The first-order valence-corrected chi connectivity index (χ1v) is 8.76. The first-order chi connectivity index (χ1) is 10.3. The number of hydrogen-bond acceptors (Lipinski definition) is 2. The Morgan fingerprint density at radius 2 is 1.67 bits per heavy atom. The molecule has 2 rings (SSSR count). The number of nitrogens with zero attached hydrogens (tertiary/aromatic N) is 1. The maximum Gasteiger partial charge on any atom is 0.0323 e. The van der Waals surface area contributed by atoms with E-state index in [0.717, 1.165) is 12.5 Å². The normalized spacial score (nSPS) is 18.6. The standard InChI is InChI=1S/C19H32N2/c1-17(2)16-19(18-10-6-5-7-11-18)20-12-15-21-13-8-3-4-9-14-21/h5-7,10-11,17,19-20H,3-4,8-9,12-16H2,1-2H3. The van der Waals surface area contributed by atoms with Gasteiger partial charge in [0.25, 0.3) is 0 Å². The number of rotatable bonds is 7. The molecule has 1 aliphatic rings. The Kier molecular flexibility index (Phi) is 7.25. The summed E-state index contributed by atoms with van der Waals surface area (Å²) in [7, 11) is 0. The van der Waals surface area contributed by atoms with Gasteiger partial charge in [-0.2, -0.15) is 0 Å². The Balaban J connectivity index is 1.81. The number of likely N-dealkylation sites (tertiary alicyclic amines) is 1. The van der Waals surface area contributed by atoms with Crippen molar-refractivity contribution in [2.75, 3.05) is 26.2 Å². The number of nitrogens with one attached hydrogen (secondary N) is 1. The van der Waals surface area contributed by atoms with Crippen molar-refractivity contribution >= 4 is 0 Å². The molecule has 2 nitrogen and oxygen atoms in total. The highest BCUT2D eigenvalue weighted by molar-refractivity contribution is 5.18. The number of benzene rings is 1. The summed E-state index contributed by atoms with van der Waals surface area (Å²) in [6, 6.07) is 11.4. The van der Waals surface area contributed by atoms with Crippen LogP contribution in [-0.2, 0) is 0 Å². The van der Waals surface area contributed by atoms with Crippen LogP contribution in [0.1, 0.15) is 57.6 Å². The largest absolute Gasteiger partial charge is 0.309 e. The Hall–Kier alpha value is -0.860. The Morgan fingerprint density at radius 1 is 1.00 bits per heavy atom. The van der Waals surface area contributed by atoms with Crippen LogP contribution in [0.3, 0.4) is 0 Å². The van der Waals surface area contributed by atoms with Crippen LogP contribution in [0.2, 0.25) is 0 Å². The maximum atomic E-state index is 3.79. The molecule has 118 valence electrons. The van der Waals surface area contributed by atoms with E-state index in [2.05, 4.69) is 54.4 Å². The Bertz CT molecular complexity index is 366. The minimum Gasteiger partial charge on any atom is -0.309 e. The van der Waals surface area contributed by atoms with Gasteiger partial charge in [0.1, 0.15) is 0 Å². The fraction of sp³-hybridized carbons (Fsp3) is 0.684. The highest BCUT2D eigenvalue weighted by atomic mass is 15.1. The lowest BCUT2D eigenvalue weighted by molar-refractivity contribution is 0.275. The van der Waals surface area contributed by atoms with Crippen LogP contribution in [0.25, 0.3) is 0 Å². The molecule has 2 heteroatoms. The molecule has 1 aromatic carbocycles. The van der Waals surface area contributed by atoms with Crippen LogP contribution >= 0.6 is 0 Å². The SMILES string of the molecule is CC(C)CC(NCCN1CCCCCC1)c1ccccc1. The highest BCUT2D eigenvalue weighted by Crippen LogP contribution is 2.20. The van der Waals surface area contributed by atoms with Crippen LogP contribution in [0.4, 0.5) is 0 Å². The predicted octanol–water partition coefficient (Wildman–Crippen LogP) is 4.24. The molecule has 0 bridgehead atoms. The van der Waals surface area contributed by atoms with E-state index in [4.69, 9.17) is 0 Å². The van der Waals surface area contributed by atoms with Crippen LogP contribution in [0.15, 0.2) is 30.3 Å². The molecule has 1 unspecified atom stereocenters. The second-order valence-corrected chi connectivity index (χ2v) is 6.80. The molecule has 0 aromatic heterocycles. The predicted molar refractivity (Wildman–Crippen MR) is 91.5 cm³/mol. The van der Waals surface area contributed by atoms with Gasteiger partial charge in [0.2, 0.25) is 0 Å². The minimum atomic E-state index is 0.498. The Morgan fingerprint density at radius 3 is 2.29 bits per heavy atom. The van der Waals surface area contributed by atoms with Gasteiger partial charge in [0, 0.05) is 19.1 Å². The van der Waals surface area contributed by atoms with Crippen LogP contribution in [-0.4, -0.2) is 31.1 Å². The van der Waals surface area contributed by atoms with Crippen LogP contribution in [0.5, 0.6) is 0 Å². The van der Waals surface area contributed by atoms with E-state index in [1.54, 1.807) is 0 Å². The van der Waals surface area contributed by atoms with Gasteiger partial charge < -0.3 is 10.2 Å². The summed E-state index contributed by atoms with van der Waals surface area (Å²) in [4.78, 5) is 2.64.